The molecule has 0 atom stereocenters. The summed E-state index contributed by atoms with van der Waals surface area (Å²) in [5.41, 5.74) is 9.38. The third kappa shape index (κ3) is 3.65. The molecule has 0 unspecified atom stereocenters. The molecular formula is C18H18FN5O. The minimum absolute atomic E-state index is 0.0392. The minimum atomic E-state index is -0.434. The number of hydrogen-bond donors (Lipinski definition) is 2. The number of rotatable bonds is 4. The molecule has 0 bridgehead atoms. The summed E-state index contributed by atoms with van der Waals surface area (Å²) in [6.45, 7) is 4.07. The highest BCUT2D eigenvalue weighted by Crippen LogP contribution is 2.19. The SMILES string of the molecule is Cc1ccc(C)c(NC(=O)c2nnn(Cc3cccc(F)c3)c2N)c1. The Kier molecular flexibility index (Phi) is 4.47. The molecule has 0 radical (unpaired) electrons. The van der Waals surface area contributed by atoms with E-state index in [1.807, 2.05) is 32.0 Å². The molecular weight excluding hydrogens is 321 g/mol. The van der Waals surface area contributed by atoms with Gasteiger partial charge in [-0.05, 0) is 48.7 Å². The Bertz CT molecular complexity index is 935. The van der Waals surface area contributed by atoms with Crippen molar-refractivity contribution >= 4 is 17.4 Å². The van der Waals surface area contributed by atoms with Gasteiger partial charge in [-0.25, -0.2) is 9.07 Å². The van der Waals surface area contributed by atoms with E-state index in [1.54, 1.807) is 12.1 Å². The second-order valence-corrected chi connectivity index (χ2v) is 5.88. The maximum absolute atomic E-state index is 13.3. The predicted octanol–water partition coefficient (Wildman–Crippen LogP) is 2.92. The van der Waals surface area contributed by atoms with Gasteiger partial charge in [0, 0.05) is 5.69 Å². The predicted molar refractivity (Wildman–Crippen MR) is 93.8 cm³/mol. The van der Waals surface area contributed by atoms with Gasteiger partial charge in [0.2, 0.25) is 0 Å². The van der Waals surface area contributed by atoms with Gasteiger partial charge in [0.25, 0.3) is 5.91 Å². The molecule has 2 aromatic carbocycles. The molecule has 3 aromatic rings. The molecule has 6 nitrogen and oxygen atoms in total. The molecule has 0 saturated carbocycles. The largest absolute Gasteiger partial charge is 0.382 e. The number of nitrogens with two attached hydrogens (primary N) is 1. The van der Waals surface area contributed by atoms with E-state index in [-0.39, 0.29) is 23.9 Å². The van der Waals surface area contributed by atoms with Crippen LogP contribution in [-0.4, -0.2) is 20.9 Å². The van der Waals surface area contributed by atoms with Crippen LogP contribution in [0.2, 0.25) is 0 Å². The van der Waals surface area contributed by atoms with Crippen molar-refractivity contribution in [1.82, 2.24) is 15.0 Å². The molecule has 0 spiro atoms. The summed E-state index contributed by atoms with van der Waals surface area (Å²) in [5.74, 6) is -0.646. The first-order valence-corrected chi connectivity index (χ1v) is 7.76. The number of nitrogens with one attached hydrogen (secondary N) is 1. The zero-order chi connectivity index (χ0) is 18.0. The lowest BCUT2D eigenvalue weighted by Gasteiger charge is -2.08. The van der Waals surface area contributed by atoms with Gasteiger partial charge in [0.1, 0.15) is 5.82 Å². The third-order valence-electron chi connectivity index (χ3n) is 3.85. The third-order valence-corrected chi connectivity index (χ3v) is 3.85. The van der Waals surface area contributed by atoms with Crippen LogP contribution in [0.4, 0.5) is 15.9 Å². The standard InChI is InChI=1S/C18H18FN5O/c1-11-6-7-12(2)15(8-11)21-18(25)16-17(20)24(23-22-16)10-13-4-3-5-14(19)9-13/h3-9H,10,20H2,1-2H3,(H,21,25). The van der Waals surface area contributed by atoms with Gasteiger partial charge in [-0.2, -0.15) is 0 Å². The lowest BCUT2D eigenvalue weighted by Crippen LogP contribution is -2.16. The summed E-state index contributed by atoms with van der Waals surface area (Å²) in [6.07, 6.45) is 0. The maximum atomic E-state index is 13.3. The van der Waals surface area contributed by atoms with E-state index in [9.17, 15) is 9.18 Å². The molecule has 0 aliphatic carbocycles. The van der Waals surface area contributed by atoms with Crippen LogP contribution in [0.15, 0.2) is 42.5 Å². The zero-order valence-corrected chi connectivity index (χ0v) is 14.0. The first-order valence-electron chi connectivity index (χ1n) is 7.76. The molecule has 25 heavy (non-hydrogen) atoms. The van der Waals surface area contributed by atoms with Crippen LogP contribution in [0, 0.1) is 19.7 Å². The van der Waals surface area contributed by atoms with Gasteiger partial charge >= 0.3 is 0 Å². The first kappa shape index (κ1) is 16.6. The quantitative estimate of drug-likeness (QED) is 0.765. The number of benzene rings is 2. The van der Waals surface area contributed by atoms with Crippen molar-refractivity contribution in [2.75, 3.05) is 11.1 Å². The molecule has 0 aliphatic rings. The van der Waals surface area contributed by atoms with E-state index in [2.05, 4.69) is 15.6 Å². The normalized spacial score (nSPS) is 10.7. The molecule has 1 aromatic heterocycles. The summed E-state index contributed by atoms with van der Waals surface area (Å²) in [6, 6.07) is 11.9. The number of nitrogen functional groups attached to an aromatic ring is 1. The Labute approximate surface area is 144 Å². The summed E-state index contributed by atoms with van der Waals surface area (Å²) < 4.78 is 14.6. The van der Waals surface area contributed by atoms with Crippen molar-refractivity contribution in [2.24, 2.45) is 0 Å². The fraction of sp³-hybridized carbons (Fsp3) is 0.167. The lowest BCUT2D eigenvalue weighted by molar-refractivity contribution is 0.102. The number of aromatic nitrogens is 3. The first-order chi connectivity index (χ1) is 11.9. The van der Waals surface area contributed by atoms with E-state index in [4.69, 9.17) is 5.73 Å². The van der Waals surface area contributed by atoms with Crippen LogP contribution in [0.5, 0.6) is 0 Å². The lowest BCUT2D eigenvalue weighted by atomic mass is 10.1. The van der Waals surface area contributed by atoms with Crippen LogP contribution in [0.3, 0.4) is 0 Å². The van der Waals surface area contributed by atoms with Crippen molar-refractivity contribution in [3.05, 3.63) is 70.7 Å². The summed E-state index contributed by atoms with van der Waals surface area (Å²) in [5, 5.41) is 10.6. The molecule has 0 saturated heterocycles. The fourth-order valence-corrected chi connectivity index (χ4v) is 2.46. The molecule has 0 aliphatic heterocycles. The molecule has 1 amide bonds. The van der Waals surface area contributed by atoms with Gasteiger partial charge in [0.05, 0.1) is 6.54 Å². The van der Waals surface area contributed by atoms with Gasteiger partial charge in [0.15, 0.2) is 11.5 Å². The number of carbonyl (C=O) groups is 1. The van der Waals surface area contributed by atoms with E-state index in [1.165, 1.54) is 16.8 Å². The number of anilines is 2. The monoisotopic (exact) mass is 339 g/mol. The van der Waals surface area contributed by atoms with Gasteiger partial charge in [-0.1, -0.05) is 29.5 Å². The summed E-state index contributed by atoms with van der Waals surface area (Å²) >= 11 is 0. The molecule has 3 rings (SSSR count). The van der Waals surface area contributed by atoms with Crippen molar-refractivity contribution in [3.63, 3.8) is 0 Å². The van der Waals surface area contributed by atoms with Gasteiger partial charge in [-0.3, -0.25) is 4.79 Å². The van der Waals surface area contributed by atoms with Crippen molar-refractivity contribution in [3.8, 4) is 0 Å². The van der Waals surface area contributed by atoms with Gasteiger partial charge < -0.3 is 11.1 Å². The molecule has 0 fully saturated rings. The molecule has 128 valence electrons. The van der Waals surface area contributed by atoms with Crippen molar-refractivity contribution in [2.45, 2.75) is 20.4 Å². The second kappa shape index (κ2) is 6.72. The topological polar surface area (TPSA) is 85.8 Å². The smallest absolute Gasteiger partial charge is 0.280 e. The van der Waals surface area contributed by atoms with E-state index in [0.717, 1.165) is 11.1 Å². The number of halogens is 1. The molecule has 7 heteroatoms. The number of aryl methyl sites for hydroxylation is 2. The van der Waals surface area contributed by atoms with E-state index < -0.39 is 5.91 Å². The Morgan fingerprint density at radius 2 is 2.04 bits per heavy atom. The minimum Gasteiger partial charge on any atom is -0.382 e. The second-order valence-electron chi connectivity index (χ2n) is 5.88. The Morgan fingerprint density at radius 3 is 2.80 bits per heavy atom. The Balaban J connectivity index is 1.80. The number of hydrogen-bond acceptors (Lipinski definition) is 4. The maximum Gasteiger partial charge on any atom is 0.280 e. The highest BCUT2D eigenvalue weighted by molar-refractivity contribution is 6.06. The number of nitrogens with zero attached hydrogens (tertiary/aromatic N) is 3. The Morgan fingerprint density at radius 1 is 1.24 bits per heavy atom. The highest BCUT2D eigenvalue weighted by atomic mass is 19.1. The van der Waals surface area contributed by atoms with Crippen LogP contribution < -0.4 is 11.1 Å². The molecule has 3 N–H and O–H groups in total. The zero-order valence-electron chi connectivity index (χ0n) is 14.0. The van der Waals surface area contributed by atoms with Crippen molar-refractivity contribution < 1.29 is 9.18 Å². The van der Waals surface area contributed by atoms with Gasteiger partial charge in [-0.15, -0.1) is 5.10 Å². The molecule has 1 heterocycles. The average Bonchev–Trinajstić information content (AvgIpc) is 2.92. The van der Waals surface area contributed by atoms with E-state index in [0.29, 0.717) is 11.3 Å². The van der Waals surface area contributed by atoms with Crippen molar-refractivity contribution in [1.29, 1.82) is 0 Å². The van der Waals surface area contributed by atoms with Crippen LogP contribution in [-0.2, 0) is 6.54 Å². The fourth-order valence-electron chi connectivity index (χ4n) is 2.46. The highest BCUT2D eigenvalue weighted by Gasteiger charge is 2.18. The number of carbonyl (C=O) groups excluding carboxylic acids is 1. The Hall–Kier alpha value is -3.22. The van der Waals surface area contributed by atoms with Crippen LogP contribution >= 0.6 is 0 Å². The van der Waals surface area contributed by atoms with Crippen LogP contribution in [0.1, 0.15) is 27.2 Å². The summed E-state index contributed by atoms with van der Waals surface area (Å²) in [4.78, 5) is 12.5. The van der Waals surface area contributed by atoms with E-state index >= 15 is 0 Å². The average molecular weight is 339 g/mol. The summed E-state index contributed by atoms with van der Waals surface area (Å²) in [7, 11) is 0. The number of amides is 1. The van der Waals surface area contributed by atoms with Crippen LogP contribution in [0.25, 0.3) is 0 Å².